The minimum Gasteiger partial charge on any atom is -0.490 e. The van der Waals surface area contributed by atoms with E-state index < -0.39 is 11.7 Å². The predicted molar refractivity (Wildman–Crippen MR) is 144 cm³/mol. The molecule has 0 aliphatic carbocycles. The van der Waals surface area contributed by atoms with E-state index in [0.717, 1.165) is 0 Å². The summed E-state index contributed by atoms with van der Waals surface area (Å²) in [5, 5.41) is 0. The van der Waals surface area contributed by atoms with Gasteiger partial charge in [0.2, 0.25) is 11.6 Å². The number of carbonyl (C=O) groups excluding carboxylic acids is 1. The Hall–Kier alpha value is -4.99. The standard InChI is InChI=1S/C30H22F3N3O4/c1-17-20(18-12-13-36-26(14-18)34-15-25(39-2)29(36)38)6-4-7-21(17)22-8-5-9-23(27(22)30(31,32)33)24-11-10-19(16-37)28(35-24)40-3/h4-16H,1-3H3. The molecule has 0 bridgehead atoms. The fraction of sp³-hybridized carbons (Fsp3) is 0.133. The van der Waals surface area contributed by atoms with Gasteiger partial charge in [0.25, 0.3) is 5.56 Å². The molecule has 2 aromatic carbocycles. The van der Waals surface area contributed by atoms with Crippen LogP contribution in [0.3, 0.4) is 0 Å². The Balaban J connectivity index is 1.70. The highest BCUT2D eigenvalue weighted by molar-refractivity contribution is 5.85. The molecule has 0 saturated heterocycles. The fourth-order valence-corrected chi connectivity index (χ4v) is 4.76. The number of carbonyl (C=O) groups is 1. The quantitative estimate of drug-likeness (QED) is 0.235. The van der Waals surface area contributed by atoms with E-state index >= 15 is 0 Å². The van der Waals surface area contributed by atoms with Crippen molar-refractivity contribution in [3.05, 3.63) is 100 Å². The van der Waals surface area contributed by atoms with Gasteiger partial charge in [0, 0.05) is 11.8 Å². The van der Waals surface area contributed by atoms with Crippen LogP contribution in [-0.4, -0.2) is 34.9 Å². The molecule has 0 aliphatic rings. The summed E-state index contributed by atoms with van der Waals surface area (Å²) >= 11 is 0. The van der Waals surface area contributed by atoms with E-state index in [1.165, 1.54) is 55.1 Å². The molecule has 3 aromatic heterocycles. The van der Waals surface area contributed by atoms with Crippen molar-refractivity contribution in [2.24, 2.45) is 0 Å². The lowest BCUT2D eigenvalue weighted by molar-refractivity contribution is -0.136. The SMILES string of the molecule is COc1nc(-c2cccc(-c3cccc(-c4ccn5c(=O)c(OC)cnc5c4)c3C)c2C(F)(F)F)ccc1C=O. The van der Waals surface area contributed by atoms with Crippen LogP contribution < -0.4 is 15.0 Å². The van der Waals surface area contributed by atoms with Crippen molar-refractivity contribution < 1.29 is 27.4 Å². The number of fused-ring (bicyclic) bond motifs is 1. The van der Waals surface area contributed by atoms with Crippen LogP contribution in [0.1, 0.15) is 21.5 Å². The lowest BCUT2D eigenvalue weighted by Gasteiger charge is -2.20. The summed E-state index contributed by atoms with van der Waals surface area (Å²) in [5.41, 5.74) is 1.45. The van der Waals surface area contributed by atoms with Crippen LogP contribution in [0.2, 0.25) is 0 Å². The lowest BCUT2D eigenvalue weighted by atomic mass is 9.88. The molecule has 0 unspecified atom stereocenters. The monoisotopic (exact) mass is 545 g/mol. The maximum Gasteiger partial charge on any atom is 0.417 e. The van der Waals surface area contributed by atoms with E-state index in [0.29, 0.717) is 34.2 Å². The molecule has 3 heterocycles. The average Bonchev–Trinajstić information content (AvgIpc) is 2.96. The summed E-state index contributed by atoms with van der Waals surface area (Å²) in [6.45, 7) is 1.75. The van der Waals surface area contributed by atoms with Crippen molar-refractivity contribution in [1.29, 1.82) is 0 Å². The van der Waals surface area contributed by atoms with Gasteiger partial charge in [-0.25, -0.2) is 9.97 Å². The highest BCUT2D eigenvalue weighted by Gasteiger charge is 2.37. The summed E-state index contributed by atoms with van der Waals surface area (Å²) < 4.78 is 55.5. The number of pyridine rings is 2. The lowest BCUT2D eigenvalue weighted by Crippen LogP contribution is -2.16. The van der Waals surface area contributed by atoms with Crippen LogP contribution in [-0.2, 0) is 6.18 Å². The van der Waals surface area contributed by atoms with Gasteiger partial charge in [-0.3, -0.25) is 14.0 Å². The van der Waals surface area contributed by atoms with Gasteiger partial charge in [0.05, 0.1) is 37.2 Å². The molecule has 5 aromatic rings. The first-order valence-electron chi connectivity index (χ1n) is 12.0. The summed E-state index contributed by atoms with van der Waals surface area (Å²) in [4.78, 5) is 32.3. The molecule has 0 aliphatic heterocycles. The van der Waals surface area contributed by atoms with Gasteiger partial charge in [-0.05, 0) is 59.0 Å². The summed E-state index contributed by atoms with van der Waals surface area (Å²) in [7, 11) is 2.68. The zero-order chi connectivity index (χ0) is 28.6. The molecule has 10 heteroatoms. The van der Waals surface area contributed by atoms with Crippen molar-refractivity contribution in [1.82, 2.24) is 14.4 Å². The van der Waals surface area contributed by atoms with Crippen LogP contribution in [0, 0.1) is 6.92 Å². The third-order valence-electron chi connectivity index (χ3n) is 6.67. The number of hydrogen-bond donors (Lipinski definition) is 0. The summed E-state index contributed by atoms with van der Waals surface area (Å²) in [5.74, 6) is 0.0294. The molecule has 40 heavy (non-hydrogen) atoms. The maximum atomic E-state index is 14.7. The van der Waals surface area contributed by atoms with E-state index in [1.807, 2.05) is 0 Å². The van der Waals surface area contributed by atoms with Crippen molar-refractivity contribution >= 4 is 11.9 Å². The zero-order valence-corrected chi connectivity index (χ0v) is 21.6. The molecule has 0 amide bonds. The summed E-state index contributed by atoms with van der Waals surface area (Å²) in [6.07, 6.45) is -1.31. The first-order chi connectivity index (χ1) is 19.2. The first-order valence-corrected chi connectivity index (χ1v) is 12.0. The van der Waals surface area contributed by atoms with E-state index in [1.54, 1.807) is 43.5 Å². The average molecular weight is 546 g/mol. The predicted octanol–water partition coefficient (Wildman–Crippen LogP) is 6.25. The Kier molecular flexibility index (Phi) is 6.85. The zero-order valence-electron chi connectivity index (χ0n) is 21.6. The number of ether oxygens (including phenoxy) is 2. The molecule has 0 atom stereocenters. The van der Waals surface area contributed by atoms with Crippen LogP contribution in [0.25, 0.3) is 39.2 Å². The molecule has 0 spiro atoms. The molecular formula is C30H22F3N3O4. The third-order valence-corrected chi connectivity index (χ3v) is 6.67. The van der Waals surface area contributed by atoms with Gasteiger partial charge in [-0.2, -0.15) is 13.2 Å². The van der Waals surface area contributed by atoms with Crippen LogP contribution in [0.5, 0.6) is 11.6 Å². The number of methoxy groups -OCH3 is 2. The number of aromatic nitrogens is 3. The number of halogens is 3. The van der Waals surface area contributed by atoms with Gasteiger partial charge < -0.3 is 9.47 Å². The number of rotatable bonds is 6. The van der Waals surface area contributed by atoms with Gasteiger partial charge in [0.15, 0.2) is 6.29 Å². The minimum atomic E-state index is -4.72. The van der Waals surface area contributed by atoms with Gasteiger partial charge >= 0.3 is 6.18 Å². The molecule has 0 fully saturated rings. The number of aldehydes is 1. The Bertz CT molecular complexity index is 1830. The Morgan fingerprint density at radius 2 is 1.60 bits per heavy atom. The van der Waals surface area contributed by atoms with Crippen molar-refractivity contribution in [3.63, 3.8) is 0 Å². The number of hydrogen-bond acceptors (Lipinski definition) is 6. The first kappa shape index (κ1) is 26.6. The van der Waals surface area contributed by atoms with Gasteiger partial charge in [-0.1, -0.05) is 36.4 Å². The Morgan fingerprint density at radius 3 is 2.27 bits per heavy atom. The van der Waals surface area contributed by atoms with E-state index in [-0.39, 0.29) is 39.6 Å². The maximum absolute atomic E-state index is 14.7. The number of benzene rings is 2. The van der Waals surface area contributed by atoms with E-state index in [9.17, 15) is 22.8 Å². The highest BCUT2D eigenvalue weighted by Crippen LogP contribution is 2.45. The molecule has 5 rings (SSSR count). The topological polar surface area (TPSA) is 82.8 Å². The van der Waals surface area contributed by atoms with E-state index in [4.69, 9.17) is 9.47 Å². The second-order valence-corrected chi connectivity index (χ2v) is 8.89. The molecule has 0 saturated carbocycles. The smallest absolute Gasteiger partial charge is 0.417 e. The number of nitrogens with zero attached hydrogens (tertiary/aromatic N) is 3. The molecule has 7 nitrogen and oxygen atoms in total. The van der Waals surface area contributed by atoms with Crippen LogP contribution in [0.4, 0.5) is 13.2 Å². The van der Waals surface area contributed by atoms with Gasteiger partial charge in [-0.15, -0.1) is 0 Å². The minimum absolute atomic E-state index is 0.0203. The fourth-order valence-electron chi connectivity index (χ4n) is 4.76. The Labute approximate surface area is 226 Å². The molecule has 0 N–H and O–H groups in total. The van der Waals surface area contributed by atoms with Crippen LogP contribution >= 0.6 is 0 Å². The van der Waals surface area contributed by atoms with E-state index in [2.05, 4.69) is 9.97 Å². The summed E-state index contributed by atoms with van der Waals surface area (Å²) in [6, 6.07) is 15.5. The highest BCUT2D eigenvalue weighted by atomic mass is 19.4. The Morgan fingerprint density at radius 1 is 0.900 bits per heavy atom. The number of alkyl halides is 3. The molecule has 202 valence electrons. The van der Waals surface area contributed by atoms with Crippen molar-refractivity contribution in [2.45, 2.75) is 13.1 Å². The second-order valence-electron chi connectivity index (χ2n) is 8.89. The van der Waals surface area contributed by atoms with Crippen molar-refractivity contribution in [3.8, 4) is 45.1 Å². The van der Waals surface area contributed by atoms with Crippen molar-refractivity contribution in [2.75, 3.05) is 14.2 Å². The molecular weight excluding hydrogens is 523 g/mol. The normalized spacial score (nSPS) is 11.4. The van der Waals surface area contributed by atoms with Crippen LogP contribution in [0.15, 0.2) is 77.9 Å². The van der Waals surface area contributed by atoms with Gasteiger partial charge in [0.1, 0.15) is 5.65 Å². The third kappa shape index (κ3) is 4.57. The second kappa shape index (κ2) is 10.3. The molecule has 0 radical (unpaired) electrons. The largest absolute Gasteiger partial charge is 0.490 e.